The molecule has 0 spiro atoms. The van der Waals surface area contributed by atoms with E-state index >= 15 is 0 Å². The van der Waals surface area contributed by atoms with Gasteiger partial charge in [-0.15, -0.1) is 0 Å². The summed E-state index contributed by atoms with van der Waals surface area (Å²) < 4.78 is 0. The van der Waals surface area contributed by atoms with E-state index in [9.17, 15) is 24.6 Å². The molecule has 0 radical (unpaired) electrons. The summed E-state index contributed by atoms with van der Waals surface area (Å²) in [7, 11) is 0. The van der Waals surface area contributed by atoms with Crippen LogP contribution in [0.1, 0.15) is 76.7 Å². The standard InChI is InChI=1S/C22H33NO2.C6H8O7/c1-2-22(17-8-6-9-18(24)14-17)19-15-23(16-20(19)22)13-7-12-21(25)10-4-3-5-11-21;7-3(8)1-6(13,5(11)12)2-4(9)10/h6,8-9,14,19-20,24-25H,2-5,7,10-13,15-16H2,1H3;13H,1-2H2,(H,7,8)(H,9,10)(H,11,12). The van der Waals surface area contributed by atoms with E-state index in [0.717, 1.165) is 44.1 Å². The molecule has 1 aliphatic heterocycles. The lowest BCUT2D eigenvalue weighted by Gasteiger charge is -2.33. The van der Waals surface area contributed by atoms with E-state index in [4.69, 9.17) is 20.4 Å². The molecule has 1 aromatic rings. The Morgan fingerprint density at radius 3 is 2.05 bits per heavy atom. The molecule has 212 valence electrons. The van der Waals surface area contributed by atoms with Crippen molar-refractivity contribution in [2.75, 3.05) is 19.6 Å². The second kappa shape index (κ2) is 12.0. The number of piperidine rings is 1. The average Bonchev–Trinajstić information content (AvgIpc) is 3.21. The average molecular weight is 536 g/mol. The lowest BCUT2D eigenvalue weighted by molar-refractivity contribution is -0.170. The fraction of sp³-hybridized carbons (Fsp3) is 0.679. The Bertz CT molecular complexity index is 976. The Kier molecular flexibility index (Phi) is 9.43. The van der Waals surface area contributed by atoms with Crippen LogP contribution >= 0.6 is 0 Å². The van der Waals surface area contributed by atoms with Crippen molar-refractivity contribution in [3.63, 3.8) is 0 Å². The molecular formula is C28H41NO9. The lowest BCUT2D eigenvalue weighted by Crippen LogP contribution is -2.42. The Morgan fingerprint density at radius 1 is 1.00 bits per heavy atom. The van der Waals surface area contributed by atoms with Crippen molar-refractivity contribution in [3.8, 4) is 5.75 Å². The zero-order chi connectivity index (χ0) is 28.1. The van der Waals surface area contributed by atoms with E-state index in [0.29, 0.717) is 11.2 Å². The molecule has 38 heavy (non-hydrogen) atoms. The van der Waals surface area contributed by atoms with E-state index in [1.807, 2.05) is 12.1 Å². The maximum atomic E-state index is 10.7. The normalized spacial score (nSPS) is 26.1. The fourth-order valence-electron chi connectivity index (χ4n) is 6.76. The number of hydrogen-bond acceptors (Lipinski definition) is 7. The van der Waals surface area contributed by atoms with Crippen LogP contribution in [-0.4, -0.2) is 84.3 Å². The van der Waals surface area contributed by atoms with Crippen LogP contribution in [0.25, 0.3) is 0 Å². The molecule has 1 aromatic carbocycles. The highest BCUT2D eigenvalue weighted by Gasteiger charge is 2.67. The number of carbonyl (C=O) groups is 3. The van der Waals surface area contributed by atoms with Gasteiger partial charge in [-0.25, -0.2) is 4.79 Å². The first-order chi connectivity index (χ1) is 17.8. The van der Waals surface area contributed by atoms with Crippen molar-refractivity contribution in [1.82, 2.24) is 4.90 Å². The predicted molar refractivity (Wildman–Crippen MR) is 138 cm³/mol. The molecule has 0 bridgehead atoms. The molecule has 0 amide bonds. The number of aromatic hydroxyl groups is 1. The number of nitrogens with zero attached hydrogens (tertiary/aromatic N) is 1. The van der Waals surface area contributed by atoms with Gasteiger partial charge in [-0.3, -0.25) is 9.59 Å². The van der Waals surface area contributed by atoms with Crippen molar-refractivity contribution >= 4 is 17.9 Å². The molecule has 0 aromatic heterocycles. The van der Waals surface area contributed by atoms with Crippen molar-refractivity contribution in [2.45, 2.75) is 87.7 Å². The van der Waals surface area contributed by atoms with Gasteiger partial charge in [0.2, 0.25) is 0 Å². The molecule has 4 rings (SSSR count). The van der Waals surface area contributed by atoms with Crippen LogP contribution in [0.15, 0.2) is 24.3 Å². The number of hydrogen-bond donors (Lipinski definition) is 6. The van der Waals surface area contributed by atoms with Crippen molar-refractivity contribution in [3.05, 3.63) is 29.8 Å². The summed E-state index contributed by atoms with van der Waals surface area (Å²) in [4.78, 5) is 33.1. The fourth-order valence-corrected chi connectivity index (χ4v) is 6.76. The minimum Gasteiger partial charge on any atom is -0.508 e. The highest BCUT2D eigenvalue weighted by molar-refractivity contribution is 5.88. The van der Waals surface area contributed by atoms with Crippen LogP contribution in [0.3, 0.4) is 0 Å². The van der Waals surface area contributed by atoms with Gasteiger partial charge < -0.3 is 35.5 Å². The number of fused-ring (bicyclic) bond motifs is 1. The number of carboxylic acid groups (broad SMARTS) is 3. The predicted octanol–water partition coefficient (Wildman–Crippen LogP) is 2.83. The number of likely N-dealkylation sites (tertiary alicyclic amines) is 1. The van der Waals surface area contributed by atoms with E-state index in [1.165, 1.54) is 44.3 Å². The zero-order valence-corrected chi connectivity index (χ0v) is 22.0. The van der Waals surface area contributed by atoms with Crippen LogP contribution in [0.2, 0.25) is 0 Å². The highest BCUT2D eigenvalue weighted by atomic mass is 16.4. The van der Waals surface area contributed by atoms with Gasteiger partial charge in [0, 0.05) is 18.5 Å². The van der Waals surface area contributed by atoms with Gasteiger partial charge in [0.25, 0.3) is 0 Å². The largest absolute Gasteiger partial charge is 0.508 e. The number of aliphatic hydroxyl groups is 2. The smallest absolute Gasteiger partial charge is 0.336 e. The number of aliphatic carboxylic acids is 3. The minimum atomic E-state index is -2.74. The summed E-state index contributed by atoms with van der Waals surface area (Å²) in [6, 6.07) is 7.93. The zero-order valence-electron chi connectivity index (χ0n) is 22.0. The first-order valence-corrected chi connectivity index (χ1v) is 13.5. The van der Waals surface area contributed by atoms with Crippen LogP contribution < -0.4 is 0 Å². The quantitative estimate of drug-likeness (QED) is 0.247. The van der Waals surface area contributed by atoms with E-state index in [-0.39, 0.29) is 5.60 Å². The van der Waals surface area contributed by atoms with Gasteiger partial charge in [0.15, 0.2) is 5.60 Å². The third-order valence-electron chi connectivity index (χ3n) is 8.76. The highest BCUT2D eigenvalue weighted by Crippen LogP contribution is 2.65. The topological polar surface area (TPSA) is 176 Å². The van der Waals surface area contributed by atoms with Crippen LogP contribution in [-0.2, 0) is 19.8 Å². The molecule has 2 aliphatic carbocycles. The van der Waals surface area contributed by atoms with Gasteiger partial charge in [0.05, 0.1) is 18.4 Å². The van der Waals surface area contributed by atoms with Crippen molar-refractivity contribution in [2.24, 2.45) is 11.8 Å². The monoisotopic (exact) mass is 535 g/mol. The van der Waals surface area contributed by atoms with Crippen molar-refractivity contribution < 1.29 is 45.0 Å². The first-order valence-electron chi connectivity index (χ1n) is 13.5. The molecule has 10 nitrogen and oxygen atoms in total. The third-order valence-corrected chi connectivity index (χ3v) is 8.76. The number of carboxylic acids is 3. The summed E-state index contributed by atoms with van der Waals surface area (Å²) in [5.74, 6) is -3.13. The molecule has 2 atom stereocenters. The van der Waals surface area contributed by atoms with Crippen LogP contribution in [0.4, 0.5) is 0 Å². The Labute approximate surface area is 222 Å². The molecule has 2 saturated carbocycles. The second-order valence-corrected chi connectivity index (χ2v) is 11.3. The van der Waals surface area contributed by atoms with E-state index < -0.39 is 36.4 Å². The summed E-state index contributed by atoms with van der Waals surface area (Å²) in [6.45, 7) is 5.81. The maximum absolute atomic E-state index is 10.7. The third kappa shape index (κ3) is 6.84. The maximum Gasteiger partial charge on any atom is 0.336 e. The molecule has 10 heteroatoms. The van der Waals surface area contributed by atoms with Gasteiger partial charge in [-0.2, -0.15) is 0 Å². The summed E-state index contributed by atoms with van der Waals surface area (Å²) in [6.07, 6.45) is 6.70. The summed E-state index contributed by atoms with van der Waals surface area (Å²) >= 11 is 0. The van der Waals surface area contributed by atoms with Gasteiger partial charge >= 0.3 is 17.9 Å². The first kappa shape index (κ1) is 29.9. The number of phenolic OH excluding ortho intramolecular Hbond substituents is 1. The molecule has 1 heterocycles. The molecule has 3 fully saturated rings. The van der Waals surface area contributed by atoms with Gasteiger partial charge in [-0.1, -0.05) is 38.3 Å². The molecular weight excluding hydrogens is 494 g/mol. The molecule has 1 saturated heterocycles. The van der Waals surface area contributed by atoms with Crippen molar-refractivity contribution in [1.29, 1.82) is 0 Å². The summed E-state index contributed by atoms with van der Waals surface area (Å²) in [5, 5.41) is 54.3. The van der Waals surface area contributed by atoms with E-state index in [2.05, 4.69) is 17.9 Å². The van der Waals surface area contributed by atoms with Gasteiger partial charge in [0.1, 0.15) is 5.75 Å². The number of rotatable bonds is 11. The Balaban J connectivity index is 0.000000263. The summed E-state index contributed by atoms with van der Waals surface area (Å²) in [5.41, 5.74) is -1.47. The minimum absolute atomic E-state index is 0.302. The molecule has 2 unspecified atom stereocenters. The lowest BCUT2D eigenvalue weighted by atomic mass is 9.81. The van der Waals surface area contributed by atoms with Crippen LogP contribution in [0, 0.1) is 11.8 Å². The molecule has 3 aliphatic rings. The van der Waals surface area contributed by atoms with Crippen LogP contribution in [0.5, 0.6) is 5.75 Å². The Hall–Kier alpha value is -2.69. The van der Waals surface area contributed by atoms with E-state index in [1.54, 1.807) is 6.07 Å². The number of phenols is 1. The number of benzene rings is 1. The SMILES string of the molecule is CCC1(c2cccc(O)c2)C2CN(CCCC3(O)CCCCC3)CC21.O=C(O)CC(O)(CC(=O)O)C(=O)O. The Morgan fingerprint density at radius 2 is 1.58 bits per heavy atom. The van der Waals surface area contributed by atoms with Gasteiger partial charge in [-0.05, 0) is 68.2 Å². The second-order valence-electron chi connectivity index (χ2n) is 11.3. The molecule has 6 N–H and O–H groups in total.